The van der Waals surface area contributed by atoms with Gasteiger partial charge in [-0.15, -0.1) is 0 Å². The van der Waals surface area contributed by atoms with E-state index in [0.717, 1.165) is 18.4 Å². The van der Waals surface area contributed by atoms with Crippen molar-refractivity contribution in [1.82, 2.24) is 20.9 Å². The van der Waals surface area contributed by atoms with E-state index in [2.05, 4.69) is 16.0 Å². The van der Waals surface area contributed by atoms with E-state index in [4.69, 9.17) is 0 Å². The maximum Gasteiger partial charge on any atom is 0.315 e. The van der Waals surface area contributed by atoms with Crippen LogP contribution in [0.1, 0.15) is 35.2 Å². The van der Waals surface area contributed by atoms with Crippen LogP contribution < -0.4 is 16.0 Å². The number of hydrogen-bond acceptors (Lipinski definition) is 3. The Kier molecular flexibility index (Phi) is 6.80. The summed E-state index contributed by atoms with van der Waals surface area (Å²) in [4.78, 5) is 37.3. The summed E-state index contributed by atoms with van der Waals surface area (Å²) in [6, 6.07) is 6.55. The van der Waals surface area contributed by atoms with Crippen LogP contribution in [0, 0.1) is 0 Å². The SMILES string of the molecule is CN(C)C(=O)c1cccc(CCNC(=O)N[C@H]2CCCCNC2=O)c1. The van der Waals surface area contributed by atoms with Gasteiger partial charge in [0, 0.05) is 32.7 Å². The molecule has 1 fully saturated rings. The molecule has 1 aromatic carbocycles. The molecule has 0 bridgehead atoms. The van der Waals surface area contributed by atoms with Crippen LogP contribution in [-0.4, -0.2) is 56.0 Å². The Labute approximate surface area is 148 Å². The second kappa shape index (κ2) is 9.05. The third-order valence-corrected chi connectivity index (χ3v) is 4.12. The van der Waals surface area contributed by atoms with Gasteiger partial charge in [0.1, 0.15) is 6.04 Å². The van der Waals surface area contributed by atoms with Crippen molar-refractivity contribution in [3.05, 3.63) is 35.4 Å². The quantitative estimate of drug-likeness (QED) is 0.740. The number of hydrogen-bond donors (Lipinski definition) is 3. The Morgan fingerprint density at radius 2 is 2.08 bits per heavy atom. The molecule has 0 radical (unpaired) electrons. The Hall–Kier alpha value is -2.57. The molecule has 1 saturated heterocycles. The maximum absolute atomic E-state index is 12.0. The fraction of sp³-hybridized carbons (Fsp3) is 0.500. The summed E-state index contributed by atoms with van der Waals surface area (Å²) in [5.41, 5.74) is 1.60. The van der Waals surface area contributed by atoms with Gasteiger partial charge in [0.15, 0.2) is 0 Å². The van der Waals surface area contributed by atoms with Gasteiger partial charge in [0.05, 0.1) is 0 Å². The summed E-state index contributed by atoms with van der Waals surface area (Å²) in [7, 11) is 3.43. The van der Waals surface area contributed by atoms with Crippen molar-refractivity contribution in [3.63, 3.8) is 0 Å². The first-order chi connectivity index (χ1) is 12.0. The van der Waals surface area contributed by atoms with Crippen LogP contribution in [0.25, 0.3) is 0 Å². The predicted molar refractivity (Wildman–Crippen MR) is 95.3 cm³/mol. The summed E-state index contributed by atoms with van der Waals surface area (Å²) in [6.45, 7) is 1.10. The molecule has 25 heavy (non-hydrogen) atoms. The molecule has 7 heteroatoms. The molecular formula is C18H26N4O3. The molecule has 0 unspecified atom stereocenters. The monoisotopic (exact) mass is 346 g/mol. The lowest BCUT2D eigenvalue weighted by Gasteiger charge is -2.16. The molecular weight excluding hydrogens is 320 g/mol. The average Bonchev–Trinajstić information content (AvgIpc) is 2.79. The molecule has 0 saturated carbocycles. The topological polar surface area (TPSA) is 90.5 Å². The maximum atomic E-state index is 12.0. The van der Waals surface area contributed by atoms with E-state index in [9.17, 15) is 14.4 Å². The van der Waals surface area contributed by atoms with Gasteiger partial charge in [-0.05, 0) is 43.4 Å². The smallest absolute Gasteiger partial charge is 0.315 e. The highest BCUT2D eigenvalue weighted by atomic mass is 16.2. The highest BCUT2D eigenvalue weighted by Gasteiger charge is 2.22. The Morgan fingerprint density at radius 3 is 2.84 bits per heavy atom. The van der Waals surface area contributed by atoms with E-state index in [1.165, 1.54) is 4.90 Å². The van der Waals surface area contributed by atoms with Crippen LogP contribution in [0.15, 0.2) is 24.3 Å². The first kappa shape index (κ1) is 18.8. The molecule has 1 aliphatic heterocycles. The number of nitrogens with one attached hydrogen (secondary N) is 3. The second-order valence-electron chi connectivity index (χ2n) is 6.39. The van der Waals surface area contributed by atoms with Crippen molar-refractivity contribution in [2.45, 2.75) is 31.7 Å². The van der Waals surface area contributed by atoms with Crippen LogP contribution >= 0.6 is 0 Å². The third kappa shape index (κ3) is 5.77. The molecule has 0 spiro atoms. The number of urea groups is 1. The zero-order valence-electron chi connectivity index (χ0n) is 14.8. The average molecular weight is 346 g/mol. The number of benzene rings is 1. The van der Waals surface area contributed by atoms with Crippen LogP contribution in [0.4, 0.5) is 4.79 Å². The van der Waals surface area contributed by atoms with E-state index < -0.39 is 6.04 Å². The van der Waals surface area contributed by atoms with E-state index in [0.29, 0.717) is 31.5 Å². The van der Waals surface area contributed by atoms with Gasteiger partial charge in [-0.3, -0.25) is 9.59 Å². The predicted octanol–water partition coefficient (Wildman–Crippen LogP) is 0.899. The third-order valence-electron chi connectivity index (χ3n) is 4.12. The molecule has 1 aliphatic rings. The zero-order chi connectivity index (χ0) is 18.2. The lowest BCUT2D eigenvalue weighted by atomic mass is 10.1. The first-order valence-corrected chi connectivity index (χ1v) is 8.60. The normalized spacial score (nSPS) is 17.2. The van der Waals surface area contributed by atoms with Crippen LogP contribution in [-0.2, 0) is 11.2 Å². The molecule has 3 N–H and O–H groups in total. The molecule has 4 amide bonds. The van der Waals surface area contributed by atoms with Gasteiger partial charge in [-0.25, -0.2) is 4.79 Å². The Bertz CT molecular complexity index is 631. The van der Waals surface area contributed by atoms with Gasteiger partial charge in [0.25, 0.3) is 5.91 Å². The molecule has 136 valence electrons. The summed E-state index contributed by atoms with van der Waals surface area (Å²) in [5.74, 6) is -0.172. The molecule has 7 nitrogen and oxygen atoms in total. The van der Waals surface area contributed by atoms with E-state index in [1.54, 1.807) is 20.2 Å². The highest BCUT2D eigenvalue weighted by molar-refractivity contribution is 5.94. The number of nitrogens with zero attached hydrogens (tertiary/aromatic N) is 1. The van der Waals surface area contributed by atoms with Crippen LogP contribution in [0.5, 0.6) is 0 Å². The van der Waals surface area contributed by atoms with Crippen molar-refractivity contribution in [2.75, 3.05) is 27.2 Å². The number of carbonyl (C=O) groups excluding carboxylic acids is 3. The molecule has 1 atom stereocenters. The lowest BCUT2D eigenvalue weighted by molar-refractivity contribution is -0.122. The molecule has 0 aromatic heterocycles. The summed E-state index contributed by atoms with van der Waals surface area (Å²) in [6.07, 6.45) is 3.12. The standard InChI is InChI=1S/C18H26N4O3/c1-22(2)17(24)14-7-5-6-13(12-14)9-11-20-18(25)21-15-8-3-4-10-19-16(15)23/h5-7,12,15H,3-4,8-11H2,1-2H3,(H,19,23)(H2,20,21,25)/t15-/m0/s1. The molecule has 1 heterocycles. The van der Waals surface area contributed by atoms with Crippen LogP contribution in [0.2, 0.25) is 0 Å². The van der Waals surface area contributed by atoms with E-state index in [-0.39, 0.29) is 17.8 Å². The highest BCUT2D eigenvalue weighted by Crippen LogP contribution is 2.08. The van der Waals surface area contributed by atoms with Crippen LogP contribution in [0.3, 0.4) is 0 Å². The largest absolute Gasteiger partial charge is 0.354 e. The summed E-state index contributed by atoms with van der Waals surface area (Å²) in [5, 5.41) is 8.27. The van der Waals surface area contributed by atoms with Gasteiger partial charge in [0.2, 0.25) is 5.91 Å². The molecule has 1 aromatic rings. The van der Waals surface area contributed by atoms with Crippen molar-refractivity contribution in [2.24, 2.45) is 0 Å². The Morgan fingerprint density at radius 1 is 1.28 bits per heavy atom. The van der Waals surface area contributed by atoms with Gasteiger partial charge < -0.3 is 20.9 Å². The fourth-order valence-corrected chi connectivity index (χ4v) is 2.72. The van der Waals surface area contributed by atoms with Crippen molar-refractivity contribution in [1.29, 1.82) is 0 Å². The second-order valence-corrected chi connectivity index (χ2v) is 6.39. The minimum absolute atomic E-state index is 0.0491. The first-order valence-electron chi connectivity index (χ1n) is 8.60. The minimum atomic E-state index is -0.469. The number of carbonyl (C=O) groups is 3. The van der Waals surface area contributed by atoms with Crippen molar-refractivity contribution in [3.8, 4) is 0 Å². The van der Waals surface area contributed by atoms with Gasteiger partial charge in [-0.2, -0.15) is 0 Å². The van der Waals surface area contributed by atoms with E-state index in [1.807, 2.05) is 18.2 Å². The summed E-state index contributed by atoms with van der Waals surface area (Å²) >= 11 is 0. The lowest BCUT2D eigenvalue weighted by Crippen LogP contribution is -2.49. The zero-order valence-corrected chi connectivity index (χ0v) is 14.8. The minimum Gasteiger partial charge on any atom is -0.354 e. The summed E-state index contributed by atoms with van der Waals surface area (Å²) < 4.78 is 0. The van der Waals surface area contributed by atoms with Crippen molar-refractivity contribution >= 4 is 17.8 Å². The van der Waals surface area contributed by atoms with Gasteiger partial charge in [-0.1, -0.05) is 12.1 Å². The number of rotatable bonds is 5. The number of amides is 4. The van der Waals surface area contributed by atoms with Gasteiger partial charge >= 0.3 is 6.03 Å². The molecule has 0 aliphatic carbocycles. The Balaban J connectivity index is 1.80. The fourth-order valence-electron chi connectivity index (χ4n) is 2.72. The van der Waals surface area contributed by atoms with Crippen molar-refractivity contribution < 1.29 is 14.4 Å². The molecule has 2 rings (SSSR count). The van der Waals surface area contributed by atoms with E-state index >= 15 is 0 Å².